The molecule has 0 aliphatic heterocycles. The number of rotatable bonds is 9. The van der Waals surface area contributed by atoms with Crippen LogP contribution >= 0.6 is 0 Å². The lowest BCUT2D eigenvalue weighted by molar-refractivity contribution is -0.115. The van der Waals surface area contributed by atoms with Crippen molar-refractivity contribution in [3.8, 4) is 11.5 Å². The normalized spacial score (nSPS) is 12.7. The number of anilines is 1. The van der Waals surface area contributed by atoms with Crippen molar-refractivity contribution in [1.29, 1.82) is 0 Å². The summed E-state index contributed by atoms with van der Waals surface area (Å²) in [6.07, 6.45) is 4.51. The van der Waals surface area contributed by atoms with Gasteiger partial charge >= 0.3 is 0 Å². The number of nitrogens with zero attached hydrogens (tertiary/aromatic N) is 2. The van der Waals surface area contributed by atoms with Crippen LogP contribution in [0.15, 0.2) is 53.1 Å². The van der Waals surface area contributed by atoms with Gasteiger partial charge in [0.15, 0.2) is 11.5 Å². The van der Waals surface area contributed by atoms with Crippen LogP contribution < -0.4 is 10.1 Å². The lowest BCUT2D eigenvalue weighted by Crippen LogP contribution is -2.14. The Bertz CT molecular complexity index is 957. The fourth-order valence-corrected chi connectivity index (χ4v) is 3.05. The molecule has 162 valence electrons. The molecule has 1 aromatic heterocycles. The molecule has 0 unspecified atom stereocenters. The predicted octanol–water partition coefficient (Wildman–Crippen LogP) is 4.45. The fraction of sp³-hybridized carbons (Fsp3) is 0.391. The van der Waals surface area contributed by atoms with Gasteiger partial charge in [-0.25, -0.2) is 0 Å². The van der Waals surface area contributed by atoms with Gasteiger partial charge in [-0.3, -0.25) is 9.48 Å². The maximum absolute atomic E-state index is 12.4. The van der Waals surface area contributed by atoms with Crippen molar-refractivity contribution in [1.82, 2.24) is 9.78 Å². The van der Waals surface area contributed by atoms with Crippen LogP contribution in [0, 0.1) is 0 Å². The first-order valence-electron chi connectivity index (χ1n) is 9.87. The van der Waals surface area contributed by atoms with Crippen LogP contribution in [-0.2, 0) is 22.5 Å². The Balaban J connectivity index is 2.08. The summed E-state index contributed by atoms with van der Waals surface area (Å²) in [7, 11) is 3.14. The van der Waals surface area contributed by atoms with Crippen LogP contribution in [0.25, 0.3) is 0 Å². The Labute approximate surface area is 178 Å². The topological polar surface area (TPSA) is 85.6 Å². The summed E-state index contributed by atoms with van der Waals surface area (Å²) in [6.45, 7) is 8.82. The first-order valence-corrected chi connectivity index (χ1v) is 9.87. The van der Waals surface area contributed by atoms with E-state index < -0.39 is 0 Å². The third-order valence-corrected chi connectivity index (χ3v) is 5.20. The number of hydrogen-bond donors (Lipinski definition) is 2. The predicted molar refractivity (Wildman–Crippen MR) is 118 cm³/mol. The molecule has 0 bridgehead atoms. The lowest BCUT2D eigenvalue weighted by atomic mass is 10.00. The van der Waals surface area contributed by atoms with Gasteiger partial charge in [-0.1, -0.05) is 18.6 Å². The van der Waals surface area contributed by atoms with Crippen LogP contribution in [0.1, 0.15) is 39.7 Å². The number of methoxy groups -OCH3 is 2. The highest BCUT2D eigenvalue weighted by Gasteiger charge is 2.12. The van der Waals surface area contributed by atoms with Gasteiger partial charge in [-0.05, 0) is 50.5 Å². The van der Waals surface area contributed by atoms with Gasteiger partial charge in [0.25, 0.3) is 0 Å². The molecule has 2 N–H and O–H groups in total. The van der Waals surface area contributed by atoms with E-state index in [1.165, 1.54) is 24.3 Å². The minimum Gasteiger partial charge on any atom is -0.504 e. The molecule has 2 aromatic rings. The molecule has 7 nitrogen and oxygen atoms in total. The van der Waals surface area contributed by atoms with Crippen LogP contribution in [0.2, 0.25) is 0 Å². The molecule has 0 fully saturated rings. The van der Waals surface area contributed by atoms with Crippen LogP contribution in [0.4, 0.5) is 5.69 Å². The number of carbonyl (C=O) groups excluding carboxylic acids is 1. The van der Waals surface area contributed by atoms with Crippen LogP contribution in [-0.4, -0.2) is 35.0 Å². The average molecular weight is 414 g/mol. The maximum atomic E-state index is 12.4. The molecule has 2 rings (SSSR count). The Morgan fingerprint density at radius 2 is 1.97 bits per heavy atom. The van der Waals surface area contributed by atoms with Crippen molar-refractivity contribution in [2.75, 3.05) is 19.5 Å². The number of allylic oxidation sites excluding steroid dienone is 4. The largest absolute Gasteiger partial charge is 0.504 e. The number of amides is 1. The number of carbonyl (C=O) groups is 1. The molecule has 1 aromatic carbocycles. The highest BCUT2D eigenvalue weighted by Crippen LogP contribution is 2.26. The van der Waals surface area contributed by atoms with Crippen molar-refractivity contribution in [3.63, 3.8) is 0 Å². The van der Waals surface area contributed by atoms with E-state index in [0.29, 0.717) is 23.5 Å². The third-order valence-electron chi connectivity index (χ3n) is 5.20. The van der Waals surface area contributed by atoms with Crippen molar-refractivity contribution in [3.05, 3.63) is 58.6 Å². The molecular formula is C23H31N3O4. The molecule has 1 heterocycles. The molecule has 0 aliphatic carbocycles. The molecule has 0 atom stereocenters. The Kier molecular flexibility index (Phi) is 8.09. The van der Waals surface area contributed by atoms with Gasteiger partial charge in [-0.15, -0.1) is 0 Å². The number of benzene rings is 1. The van der Waals surface area contributed by atoms with E-state index >= 15 is 0 Å². The number of aromatic hydroxyl groups is 1. The minimum absolute atomic E-state index is 0.00856. The monoisotopic (exact) mass is 413 g/mol. The minimum atomic E-state index is -0.194. The quantitative estimate of drug-likeness (QED) is 0.469. The van der Waals surface area contributed by atoms with Crippen molar-refractivity contribution in [2.24, 2.45) is 0 Å². The second kappa shape index (κ2) is 10.5. The average Bonchev–Trinajstić information content (AvgIpc) is 3.17. The molecule has 1 amide bonds. The molecule has 0 radical (unpaired) electrons. The standard InChI is InChI=1S/C23H31N3O4/c1-7-15(2)16(3)20(17(4)29-5)14-26-13-19(12-24-26)25-23(28)11-18-8-9-22(30-6)21(27)10-18/h8-10,12-13,27H,7,11,14H2,1-6H3,(H,25,28)/b16-15+,20-17-. The lowest BCUT2D eigenvalue weighted by Gasteiger charge is -2.15. The zero-order valence-corrected chi connectivity index (χ0v) is 18.6. The number of aromatic nitrogens is 2. The zero-order chi connectivity index (χ0) is 22.3. The first kappa shape index (κ1) is 23.1. The van der Waals surface area contributed by atoms with E-state index in [9.17, 15) is 9.90 Å². The van der Waals surface area contributed by atoms with Crippen LogP contribution in [0.5, 0.6) is 11.5 Å². The van der Waals surface area contributed by atoms with E-state index in [1.54, 1.807) is 36.3 Å². The van der Waals surface area contributed by atoms with E-state index in [1.807, 2.05) is 6.92 Å². The number of ether oxygens (including phenoxy) is 2. The highest BCUT2D eigenvalue weighted by atomic mass is 16.5. The van der Waals surface area contributed by atoms with Gasteiger partial charge in [-0.2, -0.15) is 5.10 Å². The smallest absolute Gasteiger partial charge is 0.228 e. The van der Waals surface area contributed by atoms with Gasteiger partial charge in [0.2, 0.25) is 5.91 Å². The summed E-state index contributed by atoms with van der Waals surface area (Å²) in [5.41, 5.74) is 4.87. The van der Waals surface area contributed by atoms with Crippen LogP contribution in [0.3, 0.4) is 0 Å². The second-order valence-electron chi connectivity index (χ2n) is 7.16. The summed E-state index contributed by atoms with van der Waals surface area (Å²) in [4.78, 5) is 12.4. The summed E-state index contributed by atoms with van der Waals surface area (Å²) in [6, 6.07) is 4.91. The molecular weight excluding hydrogens is 382 g/mol. The molecule has 7 heteroatoms. The summed E-state index contributed by atoms with van der Waals surface area (Å²) < 4.78 is 12.3. The number of hydrogen-bond acceptors (Lipinski definition) is 5. The summed E-state index contributed by atoms with van der Waals surface area (Å²) >= 11 is 0. The molecule has 0 spiro atoms. The van der Waals surface area contributed by atoms with Crippen molar-refractivity contribution in [2.45, 2.75) is 47.1 Å². The number of phenolic OH excluding ortho intramolecular Hbond substituents is 1. The van der Waals surface area contributed by atoms with E-state index in [4.69, 9.17) is 9.47 Å². The van der Waals surface area contributed by atoms with Crippen molar-refractivity contribution < 1.29 is 19.4 Å². The van der Waals surface area contributed by atoms with Gasteiger partial charge in [0, 0.05) is 11.8 Å². The number of phenols is 1. The molecule has 0 aliphatic rings. The number of nitrogens with one attached hydrogen (secondary N) is 1. The van der Waals surface area contributed by atoms with Gasteiger partial charge in [0.05, 0.1) is 44.8 Å². The van der Waals surface area contributed by atoms with E-state index in [0.717, 1.165) is 17.8 Å². The highest BCUT2D eigenvalue weighted by molar-refractivity contribution is 5.92. The van der Waals surface area contributed by atoms with E-state index in [2.05, 4.69) is 31.2 Å². The Hall–Kier alpha value is -3.22. The first-order chi connectivity index (χ1) is 14.3. The Morgan fingerprint density at radius 1 is 1.23 bits per heavy atom. The maximum Gasteiger partial charge on any atom is 0.228 e. The van der Waals surface area contributed by atoms with Gasteiger partial charge in [0.1, 0.15) is 0 Å². The fourth-order valence-electron chi connectivity index (χ4n) is 3.05. The summed E-state index contributed by atoms with van der Waals surface area (Å²) in [5, 5.41) is 17.1. The zero-order valence-electron chi connectivity index (χ0n) is 18.6. The molecule has 30 heavy (non-hydrogen) atoms. The Morgan fingerprint density at radius 3 is 2.57 bits per heavy atom. The van der Waals surface area contributed by atoms with Crippen molar-refractivity contribution >= 4 is 11.6 Å². The second-order valence-corrected chi connectivity index (χ2v) is 7.16. The van der Waals surface area contributed by atoms with Gasteiger partial charge < -0.3 is 19.9 Å². The van der Waals surface area contributed by atoms with E-state index in [-0.39, 0.29) is 18.1 Å². The molecule has 0 saturated carbocycles. The summed E-state index contributed by atoms with van der Waals surface area (Å²) in [5.74, 6) is 1.04. The third kappa shape index (κ3) is 5.89. The SMILES string of the molecule is CC/C(C)=C(C)/C(Cn1cc(NC(=O)Cc2ccc(OC)c(O)c2)cn1)=C(/C)OC. The molecule has 0 saturated heterocycles.